The normalized spacial score (nSPS) is 18.9. The van der Waals surface area contributed by atoms with Crippen LogP contribution in [0.1, 0.15) is 40.5 Å². The summed E-state index contributed by atoms with van der Waals surface area (Å²) in [7, 11) is 0. The third-order valence-electron chi connectivity index (χ3n) is 2.37. The van der Waals surface area contributed by atoms with Crippen molar-refractivity contribution in [1.29, 1.82) is 0 Å². The summed E-state index contributed by atoms with van der Waals surface area (Å²) in [5.74, 6) is 1.24. The molecule has 0 radical (unpaired) electrons. The van der Waals surface area contributed by atoms with E-state index in [1.807, 2.05) is 32.5 Å². The summed E-state index contributed by atoms with van der Waals surface area (Å²) in [4.78, 5) is 23.7. The molecule has 1 rings (SSSR count). The second-order valence-corrected chi connectivity index (χ2v) is 6.25. The van der Waals surface area contributed by atoms with Crippen LogP contribution in [-0.2, 0) is 9.53 Å². The molecule has 0 saturated carbocycles. The van der Waals surface area contributed by atoms with Gasteiger partial charge in [0.05, 0.1) is 6.04 Å². The van der Waals surface area contributed by atoms with Crippen molar-refractivity contribution in [2.45, 2.75) is 52.2 Å². The molecule has 18 heavy (non-hydrogen) atoms. The van der Waals surface area contributed by atoms with Crippen LogP contribution in [0.4, 0.5) is 4.79 Å². The van der Waals surface area contributed by atoms with Gasteiger partial charge < -0.3 is 9.53 Å². The van der Waals surface area contributed by atoms with Crippen LogP contribution < -0.4 is 0 Å². The van der Waals surface area contributed by atoms with E-state index in [-0.39, 0.29) is 12.1 Å². The lowest BCUT2D eigenvalue weighted by Gasteiger charge is -2.26. The van der Waals surface area contributed by atoms with Gasteiger partial charge in [0, 0.05) is 6.54 Å². The smallest absolute Gasteiger partial charge is 0.410 e. The second-order valence-electron chi connectivity index (χ2n) is 5.10. The van der Waals surface area contributed by atoms with Gasteiger partial charge in [0.25, 0.3) is 0 Å². The number of amides is 1. The van der Waals surface area contributed by atoms with Gasteiger partial charge in [-0.05, 0) is 45.6 Å². The predicted octanol–water partition coefficient (Wildman–Crippen LogP) is 2.95. The van der Waals surface area contributed by atoms with Gasteiger partial charge in [-0.2, -0.15) is 11.8 Å². The van der Waals surface area contributed by atoms with Gasteiger partial charge in [-0.25, -0.2) is 4.79 Å². The second kappa shape index (κ2) is 8.40. The highest BCUT2D eigenvalue weighted by atomic mass is 32.2. The predicted molar refractivity (Wildman–Crippen MR) is 76.1 cm³/mol. The van der Waals surface area contributed by atoms with Crippen LogP contribution in [0.15, 0.2) is 0 Å². The number of hydrogen-bond acceptors (Lipinski definition) is 4. The van der Waals surface area contributed by atoms with Gasteiger partial charge >= 0.3 is 6.09 Å². The van der Waals surface area contributed by atoms with Gasteiger partial charge in [-0.3, -0.25) is 4.90 Å². The fourth-order valence-electron chi connectivity index (χ4n) is 1.48. The highest BCUT2D eigenvalue weighted by molar-refractivity contribution is 7.98. The maximum atomic E-state index is 11.6. The summed E-state index contributed by atoms with van der Waals surface area (Å²) >= 11 is 1.86. The first-order valence-corrected chi connectivity index (χ1v) is 7.69. The number of thioether (sulfide) groups is 1. The summed E-state index contributed by atoms with van der Waals surface area (Å²) in [6.45, 7) is 8.22. The average molecular weight is 275 g/mol. The molecule has 106 valence electrons. The number of hydrogen-bond donors (Lipinski definition) is 0. The van der Waals surface area contributed by atoms with Crippen molar-refractivity contribution in [3.63, 3.8) is 0 Å². The molecule has 0 aliphatic carbocycles. The fraction of sp³-hybridized carbons (Fsp3) is 0.846. The molecule has 1 fully saturated rings. The van der Waals surface area contributed by atoms with E-state index in [1.54, 1.807) is 0 Å². The Kier molecular flexibility index (Phi) is 8.07. The molecule has 1 unspecified atom stereocenters. The SMILES string of the molecule is CC(C)(C)OC(=O)N1CCCC1C=O.CCSC. The molecule has 1 amide bonds. The minimum atomic E-state index is -0.493. The lowest BCUT2D eigenvalue weighted by molar-refractivity contribution is -0.111. The van der Waals surface area contributed by atoms with E-state index in [0.717, 1.165) is 19.1 Å². The molecule has 1 atom stereocenters. The van der Waals surface area contributed by atoms with E-state index in [2.05, 4.69) is 13.2 Å². The largest absolute Gasteiger partial charge is 0.444 e. The minimum absolute atomic E-state index is 0.287. The molecule has 1 aliphatic rings. The third-order valence-corrected chi connectivity index (χ3v) is 2.95. The Morgan fingerprint density at radius 1 is 1.50 bits per heavy atom. The Morgan fingerprint density at radius 2 is 2.06 bits per heavy atom. The van der Waals surface area contributed by atoms with Crippen LogP contribution in [0.25, 0.3) is 0 Å². The Labute approximate surface area is 114 Å². The van der Waals surface area contributed by atoms with Gasteiger partial charge in [-0.1, -0.05) is 6.92 Å². The molecular formula is C13H25NO3S. The molecule has 0 aromatic heterocycles. The molecule has 1 aliphatic heterocycles. The van der Waals surface area contributed by atoms with Crippen LogP contribution >= 0.6 is 11.8 Å². The van der Waals surface area contributed by atoms with Crippen molar-refractivity contribution >= 4 is 24.1 Å². The summed E-state index contributed by atoms with van der Waals surface area (Å²) in [5.41, 5.74) is -0.493. The number of ether oxygens (including phenoxy) is 1. The lowest BCUT2D eigenvalue weighted by atomic mass is 10.2. The van der Waals surface area contributed by atoms with Gasteiger partial charge in [0.1, 0.15) is 11.9 Å². The first-order valence-electron chi connectivity index (χ1n) is 6.29. The Hall–Kier alpha value is -0.710. The quantitative estimate of drug-likeness (QED) is 0.727. The Bertz CT molecular complexity index is 261. The lowest BCUT2D eigenvalue weighted by Crippen LogP contribution is -2.40. The molecular weight excluding hydrogens is 250 g/mol. The van der Waals surface area contributed by atoms with Gasteiger partial charge in [-0.15, -0.1) is 0 Å². The van der Waals surface area contributed by atoms with Crippen molar-refractivity contribution in [1.82, 2.24) is 4.90 Å². The van der Waals surface area contributed by atoms with Crippen LogP contribution in [0.3, 0.4) is 0 Å². The van der Waals surface area contributed by atoms with Crippen molar-refractivity contribution in [2.75, 3.05) is 18.6 Å². The van der Waals surface area contributed by atoms with E-state index < -0.39 is 5.60 Å². The zero-order chi connectivity index (χ0) is 14.2. The third kappa shape index (κ3) is 6.89. The number of rotatable bonds is 2. The molecule has 1 heterocycles. The van der Waals surface area contributed by atoms with E-state index in [9.17, 15) is 9.59 Å². The van der Waals surface area contributed by atoms with E-state index in [1.165, 1.54) is 10.7 Å². The summed E-state index contributed by atoms with van der Waals surface area (Å²) < 4.78 is 5.18. The minimum Gasteiger partial charge on any atom is -0.444 e. The summed E-state index contributed by atoms with van der Waals surface area (Å²) in [5, 5.41) is 0. The van der Waals surface area contributed by atoms with Gasteiger partial charge in [0.15, 0.2) is 0 Å². The van der Waals surface area contributed by atoms with E-state index >= 15 is 0 Å². The Balaban J connectivity index is 0.000000631. The van der Waals surface area contributed by atoms with E-state index in [0.29, 0.717) is 6.54 Å². The molecule has 0 spiro atoms. The number of likely N-dealkylation sites (tertiary alicyclic amines) is 1. The van der Waals surface area contributed by atoms with Crippen LogP contribution in [0.5, 0.6) is 0 Å². The summed E-state index contributed by atoms with van der Waals surface area (Å²) in [6, 6.07) is -0.287. The molecule has 0 aromatic rings. The van der Waals surface area contributed by atoms with Crippen LogP contribution in [0, 0.1) is 0 Å². The molecule has 5 heteroatoms. The summed E-state index contributed by atoms with van der Waals surface area (Å²) in [6.07, 6.45) is 4.16. The average Bonchev–Trinajstić information content (AvgIpc) is 2.75. The van der Waals surface area contributed by atoms with E-state index in [4.69, 9.17) is 4.74 Å². The first kappa shape index (κ1) is 17.3. The van der Waals surface area contributed by atoms with Gasteiger partial charge in [0.2, 0.25) is 0 Å². The molecule has 0 bridgehead atoms. The molecule has 0 aromatic carbocycles. The van der Waals surface area contributed by atoms with Crippen LogP contribution in [0.2, 0.25) is 0 Å². The number of carbonyl (C=O) groups excluding carboxylic acids is 2. The maximum Gasteiger partial charge on any atom is 0.410 e. The molecule has 1 saturated heterocycles. The van der Waals surface area contributed by atoms with Crippen molar-refractivity contribution in [2.24, 2.45) is 0 Å². The van der Waals surface area contributed by atoms with Crippen LogP contribution in [-0.4, -0.2) is 47.5 Å². The monoisotopic (exact) mass is 275 g/mol. The zero-order valence-electron chi connectivity index (χ0n) is 12.1. The Morgan fingerprint density at radius 3 is 2.44 bits per heavy atom. The van der Waals surface area contributed by atoms with Crippen molar-refractivity contribution < 1.29 is 14.3 Å². The highest BCUT2D eigenvalue weighted by Gasteiger charge is 2.31. The number of aldehydes is 1. The highest BCUT2D eigenvalue weighted by Crippen LogP contribution is 2.19. The number of nitrogens with zero attached hydrogens (tertiary/aromatic N) is 1. The molecule has 4 nitrogen and oxygen atoms in total. The maximum absolute atomic E-state index is 11.6. The fourth-order valence-corrected chi connectivity index (χ4v) is 1.48. The number of carbonyl (C=O) groups is 2. The topological polar surface area (TPSA) is 46.6 Å². The zero-order valence-corrected chi connectivity index (χ0v) is 12.9. The standard InChI is InChI=1S/C10H17NO3.C3H8S/c1-10(2,3)14-9(13)11-6-4-5-8(11)7-12;1-3-4-2/h7-8H,4-6H2,1-3H3;3H2,1-2H3. The first-order chi connectivity index (χ1) is 8.35. The van der Waals surface area contributed by atoms with Crippen molar-refractivity contribution in [3.8, 4) is 0 Å². The van der Waals surface area contributed by atoms with Crippen molar-refractivity contribution in [3.05, 3.63) is 0 Å². The molecule has 0 N–H and O–H groups in total.